The summed E-state index contributed by atoms with van der Waals surface area (Å²) in [6.45, 7) is 4.52. The van der Waals surface area contributed by atoms with Crippen molar-refractivity contribution in [1.82, 2.24) is 5.32 Å². The summed E-state index contributed by atoms with van der Waals surface area (Å²) in [6.07, 6.45) is 3.74. The van der Waals surface area contributed by atoms with Gasteiger partial charge in [-0.3, -0.25) is 4.79 Å². The van der Waals surface area contributed by atoms with Crippen LogP contribution in [0, 0.1) is 5.41 Å². The standard InChI is InChI=1S/C16H22N2OS/c1-16(2)8-7-13(10-16)18-14(19)9-11-3-5-12(6-4-11)15(17)20/h3-6,13H,7-10H2,1-2H3,(H2,17,20)(H,18,19). The number of benzene rings is 1. The van der Waals surface area contributed by atoms with Gasteiger partial charge in [0.2, 0.25) is 5.91 Å². The molecule has 0 aliphatic heterocycles. The first-order valence-corrected chi connectivity index (χ1v) is 7.45. The fourth-order valence-electron chi connectivity index (χ4n) is 2.81. The molecule has 20 heavy (non-hydrogen) atoms. The van der Waals surface area contributed by atoms with E-state index in [0.717, 1.165) is 24.0 Å². The van der Waals surface area contributed by atoms with E-state index in [4.69, 9.17) is 18.0 Å². The molecule has 0 saturated heterocycles. The van der Waals surface area contributed by atoms with Gasteiger partial charge in [0, 0.05) is 11.6 Å². The molecule has 0 spiro atoms. The molecule has 0 bridgehead atoms. The number of hydrogen-bond acceptors (Lipinski definition) is 2. The van der Waals surface area contributed by atoms with Crippen LogP contribution < -0.4 is 11.1 Å². The Hall–Kier alpha value is -1.42. The van der Waals surface area contributed by atoms with Crippen LogP contribution in [0.25, 0.3) is 0 Å². The van der Waals surface area contributed by atoms with Gasteiger partial charge in [0.1, 0.15) is 4.99 Å². The van der Waals surface area contributed by atoms with Crippen molar-refractivity contribution in [2.45, 2.75) is 45.6 Å². The maximum Gasteiger partial charge on any atom is 0.224 e. The lowest BCUT2D eigenvalue weighted by molar-refractivity contribution is -0.121. The zero-order valence-electron chi connectivity index (χ0n) is 12.1. The summed E-state index contributed by atoms with van der Waals surface area (Å²) in [6, 6.07) is 7.88. The summed E-state index contributed by atoms with van der Waals surface area (Å²) < 4.78 is 0. The smallest absolute Gasteiger partial charge is 0.224 e. The molecule has 1 fully saturated rings. The Labute approximate surface area is 125 Å². The van der Waals surface area contributed by atoms with Gasteiger partial charge in [0.25, 0.3) is 0 Å². The highest BCUT2D eigenvalue weighted by atomic mass is 32.1. The number of carbonyl (C=O) groups is 1. The summed E-state index contributed by atoms with van der Waals surface area (Å²) in [4.78, 5) is 12.4. The average molecular weight is 290 g/mol. The molecule has 1 aromatic rings. The van der Waals surface area contributed by atoms with Crippen molar-refractivity contribution < 1.29 is 4.79 Å². The van der Waals surface area contributed by atoms with Crippen molar-refractivity contribution in [2.75, 3.05) is 0 Å². The minimum absolute atomic E-state index is 0.0933. The Balaban J connectivity index is 1.87. The Morgan fingerprint density at radius 2 is 2.05 bits per heavy atom. The fraction of sp³-hybridized carbons (Fsp3) is 0.500. The molecule has 1 aromatic carbocycles. The van der Waals surface area contributed by atoms with Gasteiger partial charge >= 0.3 is 0 Å². The average Bonchev–Trinajstić information content (AvgIpc) is 2.69. The van der Waals surface area contributed by atoms with Crippen LogP contribution in [0.1, 0.15) is 44.2 Å². The predicted molar refractivity (Wildman–Crippen MR) is 85.6 cm³/mol. The van der Waals surface area contributed by atoms with E-state index in [0.29, 0.717) is 22.9 Å². The second-order valence-corrected chi connectivity index (χ2v) is 6.85. The minimum atomic E-state index is 0.0933. The molecule has 108 valence electrons. The van der Waals surface area contributed by atoms with Crippen LogP contribution in [-0.2, 0) is 11.2 Å². The SMILES string of the molecule is CC1(C)CCC(NC(=O)Cc2ccc(C(N)=S)cc2)C1. The third-order valence-corrected chi connectivity index (χ3v) is 4.17. The lowest BCUT2D eigenvalue weighted by atomic mass is 9.92. The van der Waals surface area contributed by atoms with Crippen LogP contribution in [0.5, 0.6) is 0 Å². The van der Waals surface area contributed by atoms with Crippen molar-refractivity contribution in [3.8, 4) is 0 Å². The second-order valence-electron chi connectivity index (χ2n) is 6.41. The zero-order valence-corrected chi connectivity index (χ0v) is 12.9. The summed E-state index contributed by atoms with van der Waals surface area (Å²) >= 11 is 4.91. The summed E-state index contributed by atoms with van der Waals surface area (Å²) in [7, 11) is 0. The van der Waals surface area contributed by atoms with Crippen molar-refractivity contribution in [3.05, 3.63) is 35.4 Å². The van der Waals surface area contributed by atoms with E-state index in [2.05, 4.69) is 19.2 Å². The molecule has 1 aliphatic rings. The van der Waals surface area contributed by atoms with E-state index in [9.17, 15) is 4.79 Å². The van der Waals surface area contributed by atoms with Crippen LogP contribution in [0.4, 0.5) is 0 Å². The molecule has 1 atom stereocenters. The number of thiocarbonyl (C=S) groups is 1. The Morgan fingerprint density at radius 1 is 1.40 bits per heavy atom. The van der Waals surface area contributed by atoms with Gasteiger partial charge in [-0.15, -0.1) is 0 Å². The van der Waals surface area contributed by atoms with Crippen molar-refractivity contribution in [1.29, 1.82) is 0 Å². The molecule has 2 rings (SSSR count). The minimum Gasteiger partial charge on any atom is -0.389 e. The van der Waals surface area contributed by atoms with Gasteiger partial charge in [-0.2, -0.15) is 0 Å². The molecule has 0 heterocycles. The first-order valence-electron chi connectivity index (χ1n) is 7.04. The normalized spacial score (nSPS) is 20.6. The number of nitrogens with one attached hydrogen (secondary N) is 1. The van der Waals surface area contributed by atoms with Gasteiger partial charge in [0.05, 0.1) is 6.42 Å². The highest BCUT2D eigenvalue weighted by molar-refractivity contribution is 7.80. The third-order valence-electron chi connectivity index (χ3n) is 3.94. The first-order chi connectivity index (χ1) is 9.35. The predicted octanol–water partition coefficient (Wildman–Crippen LogP) is 2.56. The van der Waals surface area contributed by atoms with Crippen LogP contribution >= 0.6 is 12.2 Å². The fourth-order valence-corrected chi connectivity index (χ4v) is 2.95. The molecule has 0 radical (unpaired) electrons. The van der Waals surface area contributed by atoms with E-state index in [1.807, 2.05) is 24.3 Å². The van der Waals surface area contributed by atoms with E-state index in [1.165, 1.54) is 6.42 Å². The summed E-state index contributed by atoms with van der Waals surface area (Å²) in [5.74, 6) is 0.0933. The van der Waals surface area contributed by atoms with Crippen LogP contribution in [-0.4, -0.2) is 16.9 Å². The molecule has 1 amide bonds. The Kier molecular flexibility index (Phi) is 4.43. The molecule has 0 aromatic heterocycles. The van der Waals surface area contributed by atoms with Crippen LogP contribution in [0.2, 0.25) is 0 Å². The summed E-state index contributed by atoms with van der Waals surface area (Å²) in [5.41, 5.74) is 7.73. The Morgan fingerprint density at radius 3 is 2.55 bits per heavy atom. The lowest BCUT2D eigenvalue weighted by Gasteiger charge is -2.17. The molecular formula is C16H22N2OS. The molecule has 4 heteroatoms. The van der Waals surface area contributed by atoms with Crippen LogP contribution in [0.15, 0.2) is 24.3 Å². The largest absolute Gasteiger partial charge is 0.389 e. The van der Waals surface area contributed by atoms with Gasteiger partial charge in [-0.25, -0.2) is 0 Å². The number of nitrogens with two attached hydrogens (primary N) is 1. The molecule has 3 nitrogen and oxygen atoms in total. The monoisotopic (exact) mass is 290 g/mol. The lowest BCUT2D eigenvalue weighted by Crippen LogP contribution is -2.34. The Bertz CT molecular complexity index is 508. The number of hydrogen-bond donors (Lipinski definition) is 2. The highest BCUT2D eigenvalue weighted by Gasteiger charge is 2.31. The number of rotatable bonds is 4. The van der Waals surface area contributed by atoms with Crippen LogP contribution in [0.3, 0.4) is 0 Å². The van der Waals surface area contributed by atoms with Crippen molar-refractivity contribution in [2.24, 2.45) is 11.1 Å². The second kappa shape index (κ2) is 5.92. The maximum atomic E-state index is 12.0. The van der Waals surface area contributed by atoms with Gasteiger partial charge < -0.3 is 11.1 Å². The third kappa shape index (κ3) is 4.04. The quantitative estimate of drug-likeness (QED) is 0.838. The molecule has 1 unspecified atom stereocenters. The topological polar surface area (TPSA) is 55.1 Å². The first kappa shape index (κ1) is 15.0. The van der Waals surface area contributed by atoms with Gasteiger partial charge in [-0.1, -0.05) is 50.3 Å². The highest BCUT2D eigenvalue weighted by Crippen LogP contribution is 2.36. The van der Waals surface area contributed by atoms with Crippen molar-refractivity contribution >= 4 is 23.1 Å². The van der Waals surface area contributed by atoms with E-state index < -0.39 is 0 Å². The van der Waals surface area contributed by atoms with Gasteiger partial charge in [0.15, 0.2) is 0 Å². The van der Waals surface area contributed by atoms with E-state index in [1.54, 1.807) is 0 Å². The zero-order chi connectivity index (χ0) is 14.8. The summed E-state index contributed by atoms with van der Waals surface area (Å²) in [5, 5.41) is 3.13. The van der Waals surface area contributed by atoms with Gasteiger partial charge in [-0.05, 0) is 30.2 Å². The number of amides is 1. The number of carbonyl (C=O) groups excluding carboxylic acids is 1. The molecule has 1 aliphatic carbocycles. The van der Waals surface area contributed by atoms with E-state index >= 15 is 0 Å². The molecular weight excluding hydrogens is 268 g/mol. The maximum absolute atomic E-state index is 12.0. The molecule has 3 N–H and O–H groups in total. The van der Waals surface area contributed by atoms with Crippen molar-refractivity contribution in [3.63, 3.8) is 0 Å². The van der Waals surface area contributed by atoms with E-state index in [-0.39, 0.29) is 5.91 Å². The molecule has 1 saturated carbocycles.